The maximum absolute atomic E-state index is 12.4. The first-order chi connectivity index (χ1) is 7.84. The second-order valence-corrected chi connectivity index (χ2v) is 5.93. The van der Waals surface area contributed by atoms with E-state index in [4.69, 9.17) is 4.74 Å². The second-order valence-electron chi connectivity index (χ2n) is 5.93. The van der Waals surface area contributed by atoms with Gasteiger partial charge in [-0.2, -0.15) is 5.26 Å². The summed E-state index contributed by atoms with van der Waals surface area (Å²) in [4.78, 5) is 12.4. The predicted molar refractivity (Wildman–Crippen MR) is 66.4 cm³/mol. The van der Waals surface area contributed by atoms with E-state index in [9.17, 15) is 10.1 Å². The first kappa shape index (κ1) is 14.2. The molecule has 1 aliphatic carbocycles. The number of ketones is 1. The predicted octanol–water partition coefficient (Wildman–Crippen LogP) is 3.09. The summed E-state index contributed by atoms with van der Waals surface area (Å²) in [7, 11) is 0. The van der Waals surface area contributed by atoms with Gasteiger partial charge in [0.1, 0.15) is 5.41 Å². The van der Waals surface area contributed by atoms with Gasteiger partial charge >= 0.3 is 0 Å². The number of carbonyl (C=O) groups excluding carboxylic acids is 1. The van der Waals surface area contributed by atoms with Crippen LogP contribution >= 0.6 is 0 Å². The fourth-order valence-electron chi connectivity index (χ4n) is 2.58. The molecule has 3 nitrogen and oxygen atoms in total. The first-order valence-electron chi connectivity index (χ1n) is 6.42. The van der Waals surface area contributed by atoms with Crippen LogP contribution in [0.3, 0.4) is 0 Å². The Morgan fingerprint density at radius 3 is 2.59 bits per heavy atom. The molecule has 1 rings (SSSR count). The van der Waals surface area contributed by atoms with E-state index in [2.05, 4.69) is 6.07 Å². The molecule has 3 heteroatoms. The molecule has 1 atom stereocenters. The van der Waals surface area contributed by atoms with Crippen molar-refractivity contribution in [2.75, 3.05) is 6.61 Å². The lowest BCUT2D eigenvalue weighted by Gasteiger charge is -2.39. The number of carbonyl (C=O) groups is 1. The van der Waals surface area contributed by atoms with Gasteiger partial charge in [0, 0.05) is 12.0 Å². The van der Waals surface area contributed by atoms with Gasteiger partial charge in [0.2, 0.25) is 0 Å². The minimum atomic E-state index is -0.809. The van der Waals surface area contributed by atoms with Crippen molar-refractivity contribution in [3.05, 3.63) is 0 Å². The lowest BCUT2D eigenvalue weighted by Crippen LogP contribution is -2.44. The van der Waals surface area contributed by atoms with Crippen molar-refractivity contribution in [2.45, 2.75) is 59.5 Å². The maximum atomic E-state index is 12.4. The molecule has 0 spiro atoms. The van der Waals surface area contributed by atoms with Crippen LogP contribution in [0.25, 0.3) is 0 Å². The smallest absolute Gasteiger partial charge is 0.158 e. The van der Waals surface area contributed by atoms with Crippen LogP contribution in [0.4, 0.5) is 0 Å². The average Bonchev–Trinajstić information content (AvgIpc) is 2.24. The molecule has 17 heavy (non-hydrogen) atoms. The van der Waals surface area contributed by atoms with E-state index in [0.29, 0.717) is 19.4 Å². The molecule has 0 amide bonds. The highest BCUT2D eigenvalue weighted by atomic mass is 16.5. The summed E-state index contributed by atoms with van der Waals surface area (Å²) >= 11 is 0. The van der Waals surface area contributed by atoms with Gasteiger partial charge in [-0.3, -0.25) is 4.79 Å². The highest BCUT2D eigenvalue weighted by molar-refractivity contribution is 5.92. The normalized spacial score (nSPS) is 28.1. The van der Waals surface area contributed by atoms with Gasteiger partial charge in [-0.05, 0) is 33.1 Å². The Hall–Kier alpha value is -0.880. The summed E-state index contributed by atoms with van der Waals surface area (Å²) in [5, 5.41) is 9.38. The molecule has 1 unspecified atom stereocenters. The molecule has 0 aliphatic heterocycles. The van der Waals surface area contributed by atoms with Gasteiger partial charge in [0.05, 0.1) is 12.2 Å². The van der Waals surface area contributed by atoms with Crippen molar-refractivity contribution < 1.29 is 9.53 Å². The van der Waals surface area contributed by atoms with Crippen molar-refractivity contribution >= 4 is 5.78 Å². The highest BCUT2D eigenvalue weighted by Crippen LogP contribution is 2.44. The molecule has 1 aliphatic rings. The molecule has 1 saturated carbocycles. The molecule has 0 bridgehead atoms. The van der Waals surface area contributed by atoms with Crippen LogP contribution in [0.5, 0.6) is 0 Å². The van der Waals surface area contributed by atoms with E-state index in [1.807, 2.05) is 27.7 Å². The van der Waals surface area contributed by atoms with E-state index in [-0.39, 0.29) is 17.3 Å². The summed E-state index contributed by atoms with van der Waals surface area (Å²) in [5.74, 6) is 0.103. The fourth-order valence-corrected chi connectivity index (χ4v) is 2.58. The zero-order valence-electron chi connectivity index (χ0n) is 11.4. The lowest BCUT2D eigenvalue weighted by molar-refractivity contribution is -0.139. The topological polar surface area (TPSA) is 50.1 Å². The molecule has 96 valence electrons. The number of hydrogen-bond acceptors (Lipinski definition) is 3. The van der Waals surface area contributed by atoms with Crippen LogP contribution in [0, 0.1) is 22.2 Å². The Bertz CT molecular complexity index is 328. The quantitative estimate of drug-likeness (QED) is 0.755. The largest absolute Gasteiger partial charge is 0.379 e. The standard InChI is InChI=1S/C14H23NO2/c1-11(2)17-9-8-14(10-15)7-5-6-13(3,4)12(14)16/h11H,5-9H2,1-4H3. The molecule has 0 aromatic rings. The Morgan fingerprint density at radius 1 is 1.41 bits per heavy atom. The molecular weight excluding hydrogens is 214 g/mol. The first-order valence-corrected chi connectivity index (χ1v) is 6.42. The van der Waals surface area contributed by atoms with Crippen molar-refractivity contribution in [3.8, 4) is 6.07 Å². The van der Waals surface area contributed by atoms with Gasteiger partial charge in [0.25, 0.3) is 0 Å². The van der Waals surface area contributed by atoms with Crippen LogP contribution in [-0.2, 0) is 9.53 Å². The Labute approximate surface area is 104 Å². The summed E-state index contributed by atoms with van der Waals surface area (Å²) < 4.78 is 5.48. The molecule has 0 heterocycles. The SMILES string of the molecule is CC(C)OCCC1(C#N)CCCC(C)(C)C1=O. The van der Waals surface area contributed by atoms with Gasteiger partial charge in [-0.1, -0.05) is 20.3 Å². The van der Waals surface area contributed by atoms with E-state index in [0.717, 1.165) is 12.8 Å². The van der Waals surface area contributed by atoms with Crippen molar-refractivity contribution in [2.24, 2.45) is 10.8 Å². The fraction of sp³-hybridized carbons (Fsp3) is 0.857. The van der Waals surface area contributed by atoms with Gasteiger partial charge in [-0.25, -0.2) is 0 Å². The number of nitriles is 1. The lowest BCUT2D eigenvalue weighted by atomic mass is 9.62. The second kappa shape index (κ2) is 5.18. The summed E-state index contributed by atoms with van der Waals surface area (Å²) in [6, 6.07) is 2.27. The van der Waals surface area contributed by atoms with Crippen molar-refractivity contribution in [3.63, 3.8) is 0 Å². The average molecular weight is 237 g/mol. The van der Waals surface area contributed by atoms with E-state index < -0.39 is 5.41 Å². The van der Waals surface area contributed by atoms with Gasteiger partial charge < -0.3 is 4.74 Å². The Kier molecular flexibility index (Phi) is 4.32. The maximum Gasteiger partial charge on any atom is 0.158 e. The zero-order valence-corrected chi connectivity index (χ0v) is 11.4. The van der Waals surface area contributed by atoms with Crippen LogP contribution in [0.1, 0.15) is 53.4 Å². The number of rotatable bonds is 4. The third kappa shape index (κ3) is 3.07. The molecular formula is C14H23NO2. The summed E-state index contributed by atoms with van der Waals surface area (Å²) in [5.41, 5.74) is -1.16. The zero-order chi connectivity index (χ0) is 13.1. The Balaban J connectivity index is 2.74. The molecule has 0 N–H and O–H groups in total. The summed E-state index contributed by atoms with van der Waals surface area (Å²) in [6.45, 7) is 8.32. The van der Waals surface area contributed by atoms with E-state index in [1.54, 1.807) is 0 Å². The minimum absolute atomic E-state index is 0.103. The molecule has 0 saturated heterocycles. The monoisotopic (exact) mass is 237 g/mol. The van der Waals surface area contributed by atoms with E-state index >= 15 is 0 Å². The summed E-state index contributed by atoms with van der Waals surface area (Å²) in [6.07, 6.45) is 3.21. The molecule has 0 radical (unpaired) electrons. The van der Waals surface area contributed by atoms with E-state index in [1.165, 1.54) is 0 Å². The number of nitrogens with zero attached hydrogens (tertiary/aromatic N) is 1. The Morgan fingerprint density at radius 2 is 2.06 bits per heavy atom. The number of hydrogen-bond donors (Lipinski definition) is 0. The third-order valence-electron chi connectivity index (χ3n) is 3.65. The number of Topliss-reactive ketones (excluding diaryl/α,β-unsaturated/α-hetero) is 1. The van der Waals surface area contributed by atoms with Crippen LogP contribution in [-0.4, -0.2) is 18.5 Å². The van der Waals surface area contributed by atoms with Crippen LogP contribution < -0.4 is 0 Å². The van der Waals surface area contributed by atoms with Crippen LogP contribution in [0.2, 0.25) is 0 Å². The molecule has 1 fully saturated rings. The highest BCUT2D eigenvalue weighted by Gasteiger charge is 2.48. The number of ether oxygens (including phenoxy) is 1. The third-order valence-corrected chi connectivity index (χ3v) is 3.65. The van der Waals surface area contributed by atoms with Gasteiger partial charge in [0.15, 0.2) is 5.78 Å². The van der Waals surface area contributed by atoms with Crippen LogP contribution in [0.15, 0.2) is 0 Å². The van der Waals surface area contributed by atoms with Crippen molar-refractivity contribution in [1.29, 1.82) is 5.26 Å². The van der Waals surface area contributed by atoms with Gasteiger partial charge in [-0.15, -0.1) is 0 Å². The van der Waals surface area contributed by atoms with Crippen molar-refractivity contribution in [1.82, 2.24) is 0 Å². The molecule has 0 aromatic heterocycles. The molecule has 0 aromatic carbocycles. The minimum Gasteiger partial charge on any atom is -0.379 e.